The molecule has 7 nitrogen and oxygen atoms in total. The molecule has 0 radical (unpaired) electrons. The van der Waals surface area contributed by atoms with Gasteiger partial charge in [-0.25, -0.2) is 0 Å². The first-order valence-electron chi connectivity index (χ1n) is 8.35. The number of methoxy groups -OCH3 is 1. The molecule has 0 saturated heterocycles. The van der Waals surface area contributed by atoms with Crippen molar-refractivity contribution in [1.82, 2.24) is 15.1 Å². The van der Waals surface area contributed by atoms with E-state index in [4.69, 9.17) is 0 Å². The summed E-state index contributed by atoms with van der Waals surface area (Å²) in [5.41, 5.74) is 2.19. The largest absolute Gasteiger partial charge is 0.481 e. The van der Waals surface area contributed by atoms with Gasteiger partial charge in [-0.1, -0.05) is 13.8 Å². The van der Waals surface area contributed by atoms with Crippen LogP contribution in [0.4, 0.5) is 0 Å². The molecule has 0 bridgehead atoms. The van der Waals surface area contributed by atoms with Crippen molar-refractivity contribution in [1.29, 1.82) is 0 Å². The zero-order valence-corrected chi connectivity index (χ0v) is 15.3. The van der Waals surface area contributed by atoms with E-state index < -0.39 is 11.4 Å². The summed E-state index contributed by atoms with van der Waals surface area (Å²) in [6.45, 7) is 9.14. The molecule has 0 atom stereocenters. The van der Waals surface area contributed by atoms with Crippen molar-refractivity contribution >= 4 is 11.9 Å². The van der Waals surface area contributed by atoms with Crippen molar-refractivity contribution < 1.29 is 19.4 Å². The van der Waals surface area contributed by atoms with Crippen LogP contribution in [-0.4, -0.2) is 40.5 Å². The molecule has 0 aliphatic carbocycles. The third kappa shape index (κ3) is 4.56. The van der Waals surface area contributed by atoms with Gasteiger partial charge in [-0.05, 0) is 26.7 Å². The third-order valence-corrected chi connectivity index (χ3v) is 4.86. The number of carboxylic acids is 1. The number of aliphatic carboxylic acids is 1. The van der Waals surface area contributed by atoms with E-state index in [2.05, 4.69) is 15.2 Å². The molecule has 0 aromatic carbocycles. The van der Waals surface area contributed by atoms with E-state index >= 15 is 0 Å². The fourth-order valence-corrected chi connectivity index (χ4v) is 2.81. The quantitative estimate of drug-likeness (QED) is 0.634. The number of carboxylic acid groups (broad SMARTS) is 1. The lowest BCUT2D eigenvalue weighted by molar-refractivity contribution is -0.149. The monoisotopic (exact) mass is 339 g/mol. The minimum Gasteiger partial charge on any atom is -0.481 e. The van der Waals surface area contributed by atoms with Gasteiger partial charge >= 0.3 is 11.9 Å². The van der Waals surface area contributed by atoms with Gasteiger partial charge in [0.2, 0.25) is 0 Å². The molecule has 7 heteroatoms. The van der Waals surface area contributed by atoms with Crippen LogP contribution in [-0.2, 0) is 27.4 Å². The summed E-state index contributed by atoms with van der Waals surface area (Å²) in [6, 6.07) is 0. The topological polar surface area (TPSA) is 93.5 Å². The van der Waals surface area contributed by atoms with Gasteiger partial charge in [0.1, 0.15) is 0 Å². The second-order valence-electron chi connectivity index (χ2n) is 6.09. The smallest absolute Gasteiger partial charge is 0.310 e. The van der Waals surface area contributed by atoms with Crippen molar-refractivity contribution in [3.63, 3.8) is 0 Å². The predicted octanol–water partition coefficient (Wildman–Crippen LogP) is 2.04. The Labute approximate surface area is 143 Å². The lowest BCUT2D eigenvalue weighted by Gasteiger charge is -2.27. The number of nitrogens with zero attached hydrogens (tertiary/aromatic N) is 2. The maximum atomic E-state index is 11.5. The Hall–Kier alpha value is -1.89. The average Bonchev–Trinajstić information content (AvgIpc) is 2.83. The number of carbonyl (C=O) groups excluding carboxylic acids is 1. The Kier molecular flexibility index (Phi) is 7.41. The maximum absolute atomic E-state index is 11.5. The van der Waals surface area contributed by atoms with E-state index in [9.17, 15) is 14.7 Å². The molecule has 0 fully saturated rings. The van der Waals surface area contributed by atoms with Crippen molar-refractivity contribution in [3.05, 3.63) is 17.0 Å². The lowest BCUT2D eigenvalue weighted by Crippen LogP contribution is -2.40. The van der Waals surface area contributed by atoms with Gasteiger partial charge in [-0.15, -0.1) is 0 Å². The van der Waals surface area contributed by atoms with Crippen LogP contribution in [0.2, 0.25) is 0 Å². The van der Waals surface area contributed by atoms with Gasteiger partial charge in [0.25, 0.3) is 0 Å². The summed E-state index contributed by atoms with van der Waals surface area (Å²) in [6.07, 6.45) is 1.45. The number of esters is 1. The number of ether oxygens (including phenoxy) is 1. The van der Waals surface area contributed by atoms with E-state index in [1.807, 2.05) is 27.7 Å². The summed E-state index contributed by atoms with van der Waals surface area (Å²) in [5.74, 6) is -1.03. The highest BCUT2D eigenvalue weighted by Gasteiger charge is 2.34. The fourth-order valence-electron chi connectivity index (χ4n) is 2.81. The Balaban J connectivity index is 2.73. The van der Waals surface area contributed by atoms with Crippen molar-refractivity contribution in [2.75, 3.05) is 13.7 Å². The van der Waals surface area contributed by atoms with Crippen LogP contribution in [0.25, 0.3) is 0 Å². The van der Waals surface area contributed by atoms with Crippen molar-refractivity contribution in [2.24, 2.45) is 5.41 Å². The van der Waals surface area contributed by atoms with Gasteiger partial charge < -0.3 is 15.2 Å². The fraction of sp³-hybridized carbons (Fsp3) is 0.706. The molecular weight excluding hydrogens is 310 g/mol. The van der Waals surface area contributed by atoms with Crippen molar-refractivity contribution in [2.45, 2.75) is 60.0 Å². The van der Waals surface area contributed by atoms with Crippen LogP contribution in [0.1, 0.15) is 50.1 Å². The third-order valence-electron chi connectivity index (χ3n) is 4.86. The van der Waals surface area contributed by atoms with E-state index in [-0.39, 0.29) is 12.4 Å². The maximum Gasteiger partial charge on any atom is 0.310 e. The van der Waals surface area contributed by atoms with Gasteiger partial charge in [0.05, 0.1) is 31.2 Å². The number of carbonyl (C=O) groups is 2. The molecule has 1 rings (SSSR count). The number of hydrogen-bond acceptors (Lipinski definition) is 5. The second kappa shape index (κ2) is 8.82. The molecule has 24 heavy (non-hydrogen) atoms. The van der Waals surface area contributed by atoms with E-state index in [1.165, 1.54) is 7.11 Å². The number of rotatable bonds is 10. The molecule has 136 valence electrons. The molecule has 1 aromatic heterocycles. The molecule has 0 saturated carbocycles. The Bertz CT molecular complexity index is 577. The molecule has 2 N–H and O–H groups in total. The molecular formula is C17H29N3O4. The summed E-state index contributed by atoms with van der Waals surface area (Å²) >= 11 is 0. The minimum atomic E-state index is -0.762. The minimum absolute atomic E-state index is 0.264. The lowest BCUT2D eigenvalue weighted by atomic mass is 9.82. The molecule has 0 amide bonds. The predicted molar refractivity (Wildman–Crippen MR) is 90.7 cm³/mol. The highest BCUT2D eigenvalue weighted by atomic mass is 16.5. The first-order chi connectivity index (χ1) is 11.3. The van der Waals surface area contributed by atoms with E-state index in [0.717, 1.165) is 17.0 Å². The zero-order chi connectivity index (χ0) is 18.3. The highest BCUT2D eigenvalue weighted by Crippen LogP contribution is 2.26. The first-order valence-corrected chi connectivity index (χ1v) is 8.35. The van der Waals surface area contributed by atoms with Gasteiger partial charge in [-0.2, -0.15) is 5.10 Å². The normalized spacial score (nSPS) is 11.5. The van der Waals surface area contributed by atoms with Gasteiger partial charge in [0, 0.05) is 24.3 Å². The Morgan fingerprint density at radius 3 is 2.42 bits per heavy atom. The Morgan fingerprint density at radius 2 is 1.92 bits per heavy atom. The first kappa shape index (κ1) is 20.2. The van der Waals surface area contributed by atoms with Crippen LogP contribution in [0.5, 0.6) is 0 Å². The average molecular weight is 339 g/mol. The Morgan fingerprint density at radius 1 is 1.29 bits per heavy atom. The molecule has 0 unspecified atom stereocenters. The van der Waals surface area contributed by atoms with E-state index in [0.29, 0.717) is 32.5 Å². The van der Waals surface area contributed by atoms with Crippen LogP contribution < -0.4 is 5.32 Å². The zero-order valence-electron chi connectivity index (χ0n) is 15.3. The van der Waals surface area contributed by atoms with Gasteiger partial charge in [-0.3, -0.25) is 14.3 Å². The molecule has 0 aliphatic rings. The summed E-state index contributed by atoms with van der Waals surface area (Å²) in [7, 11) is 1.37. The van der Waals surface area contributed by atoms with Crippen LogP contribution in [0.3, 0.4) is 0 Å². The molecule has 0 spiro atoms. The number of hydrogen-bond donors (Lipinski definition) is 2. The SMILES string of the molecule is CCC(CC)(CNCc1c(C)nn(CCC(=O)OC)c1C)C(=O)O. The molecule has 1 aromatic rings. The van der Waals surface area contributed by atoms with Crippen molar-refractivity contribution in [3.8, 4) is 0 Å². The van der Waals surface area contributed by atoms with Gasteiger partial charge in [0.15, 0.2) is 0 Å². The summed E-state index contributed by atoms with van der Waals surface area (Å²) < 4.78 is 6.45. The van der Waals surface area contributed by atoms with E-state index in [1.54, 1.807) is 4.68 Å². The number of nitrogens with one attached hydrogen (secondary N) is 1. The number of aryl methyl sites for hydroxylation is 2. The standard InChI is InChI=1S/C17H29N3O4/c1-6-17(7-2,16(22)23)11-18-10-14-12(3)19-20(13(14)4)9-8-15(21)24-5/h18H,6-11H2,1-5H3,(H,22,23). The second-order valence-corrected chi connectivity index (χ2v) is 6.09. The van der Waals surface area contributed by atoms with Crippen LogP contribution in [0.15, 0.2) is 0 Å². The molecule has 1 heterocycles. The molecule has 0 aliphatic heterocycles. The summed E-state index contributed by atoms with van der Waals surface area (Å²) in [4.78, 5) is 22.8. The summed E-state index contributed by atoms with van der Waals surface area (Å²) in [5, 5.41) is 17.2. The van der Waals surface area contributed by atoms with Crippen LogP contribution >= 0.6 is 0 Å². The highest BCUT2D eigenvalue weighted by molar-refractivity contribution is 5.74. The van der Waals surface area contributed by atoms with Crippen LogP contribution in [0, 0.1) is 19.3 Å². The number of aromatic nitrogens is 2.